The van der Waals surface area contributed by atoms with Crippen molar-refractivity contribution in [3.8, 4) is 11.1 Å². The van der Waals surface area contributed by atoms with E-state index in [1.807, 2.05) is 38.2 Å². The number of nitrogens with two attached hydrogens (primary N) is 1. The van der Waals surface area contributed by atoms with Crippen molar-refractivity contribution < 1.29 is 8.42 Å². The summed E-state index contributed by atoms with van der Waals surface area (Å²) in [5.41, 5.74) is 8.49. The molecule has 0 aromatic carbocycles. The Morgan fingerprint density at radius 1 is 1.11 bits per heavy atom. The Bertz CT molecular complexity index is 849. The van der Waals surface area contributed by atoms with E-state index in [9.17, 15) is 8.42 Å². The van der Waals surface area contributed by atoms with Gasteiger partial charge in [0.1, 0.15) is 5.82 Å². The molecule has 1 atom stereocenters. The first-order chi connectivity index (χ1) is 13.0. The number of pyridine rings is 2. The molecule has 1 aliphatic rings. The van der Waals surface area contributed by atoms with Crippen molar-refractivity contribution in [3.63, 3.8) is 0 Å². The molecular formula is C19H27N5O2S. The second-order valence-corrected chi connectivity index (χ2v) is 8.66. The van der Waals surface area contributed by atoms with E-state index in [0.717, 1.165) is 29.7 Å². The summed E-state index contributed by atoms with van der Waals surface area (Å²) in [6.45, 7) is 5.77. The Kier molecular flexibility index (Phi) is 6.08. The van der Waals surface area contributed by atoms with Crippen molar-refractivity contribution in [1.29, 1.82) is 0 Å². The number of hydrogen-bond acceptors (Lipinski definition) is 5. The van der Waals surface area contributed by atoms with Crippen LogP contribution in [0.5, 0.6) is 0 Å². The van der Waals surface area contributed by atoms with Crippen LogP contribution in [0.3, 0.4) is 0 Å². The first-order valence-corrected chi connectivity index (χ1v) is 10.8. The molecule has 2 aromatic rings. The Balaban J connectivity index is 1.75. The van der Waals surface area contributed by atoms with Gasteiger partial charge in [0.15, 0.2) is 0 Å². The predicted molar refractivity (Wildman–Crippen MR) is 107 cm³/mol. The minimum Gasteiger partial charge on any atom is -0.384 e. The summed E-state index contributed by atoms with van der Waals surface area (Å²) in [6.07, 6.45) is 5.34. The van der Waals surface area contributed by atoms with Crippen molar-refractivity contribution >= 4 is 16.0 Å². The lowest BCUT2D eigenvalue weighted by Gasteiger charge is -2.34. The Hall–Kier alpha value is -2.03. The van der Waals surface area contributed by atoms with Crippen LogP contribution in [0.25, 0.3) is 11.1 Å². The smallest absolute Gasteiger partial charge is 0.281 e. The number of rotatable bonds is 6. The fourth-order valence-electron chi connectivity index (χ4n) is 3.50. The van der Waals surface area contributed by atoms with Gasteiger partial charge in [-0.15, -0.1) is 0 Å². The molecular weight excluding hydrogens is 362 g/mol. The zero-order valence-corrected chi connectivity index (χ0v) is 16.7. The monoisotopic (exact) mass is 389 g/mol. The standard InChI is InChI=1S/C19H27N5O2S/c1-3-23(4-2)27(25,26)24-11-5-6-17(14-24)18-9-7-15(12-21-18)16-8-10-19(20)22-13-16/h7-10,12-13,17H,3-6,11,14H2,1-2H3,(H2,20,22)/t17-/m1/s1. The van der Waals surface area contributed by atoms with Crippen LogP contribution in [0.2, 0.25) is 0 Å². The van der Waals surface area contributed by atoms with Gasteiger partial charge in [0.25, 0.3) is 10.2 Å². The quantitative estimate of drug-likeness (QED) is 0.819. The van der Waals surface area contributed by atoms with E-state index in [1.165, 1.54) is 4.31 Å². The maximum atomic E-state index is 12.8. The molecule has 0 unspecified atom stereocenters. The highest BCUT2D eigenvalue weighted by molar-refractivity contribution is 7.86. The van der Waals surface area contributed by atoms with Crippen molar-refractivity contribution in [3.05, 3.63) is 42.4 Å². The Morgan fingerprint density at radius 2 is 1.78 bits per heavy atom. The van der Waals surface area contributed by atoms with Gasteiger partial charge in [-0.05, 0) is 31.0 Å². The summed E-state index contributed by atoms with van der Waals surface area (Å²) in [5.74, 6) is 0.600. The first kappa shape index (κ1) is 19.7. The largest absolute Gasteiger partial charge is 0.384 e. The number of piperidine rings is 1. The van der Waals surface area contributed by atoms with E-state index in [1.54, 1.807) is 16.6 Å². The summed E-state index contributed by atoms with van der Waals surface area (Å²) in [7, 11) is -3.40. The molecule has 0 spiro atoms. The number of nitrogen functional groups attached to an aromatic ring is 1. The summed E-state index contributed by atoms with van der Waals surface area (Å²) < 4.78 is 28.7. The third-order valence-electron chi connectivity index (χ3n) is 5.07. The molecule has 8 heteroatoms. The minimum absolute atomic E-state index is 0.114. The van der Waals surface area contributed by atoms with Gasteiger partial charge in [-0.3, -0.25) is 4.98 Å². The second kappa shape index (κ2) is 8.33. The van der Waals surface area contributed by atoms with Crippen molar-refractivity contribution in [2.45, 2.75) is 32.6 Å². The molecule has 0 saturated carbocycles. The minimum atomic E-state index is -3.40. The summed E-state index contributed by atoms with van der Waals surface area (Å²) >= 11 is 0. The topological polar surface area (TPSA) is 92.4 Å². The zero-order chi connectivity index (χ0) is 19.4. The molecule has 0 bridgehead atoms. The molecule has 0 amide bonds. The van der Waals surface area contributed by atoms with Crippen LogP contribution in [-0.2, 0) is 10.2 Å². The molecule has 146 valence electrons. The van der Waals surface area contributed by atoms with Crippen LogP contribution >= 0.6 is 0 Å². The molecule has 2 aromatic heterocycles. The number of nitrogens with zero attached hydrogens (tertiary/aromatic N) is 4. The average molecular weight is 390 g/mol. The van der Waals surface area contributed by atoms with Crippen molar-refractivity contribution in [2.24, 2.45) is 0 Å². The van der Waals surface area contributed by atoms with E-state index in [4.69, 9.17) is 5.73 Å². The summed E-state index contributed by atoms with van der Waals surface area (Å²) in [5, 5.41) is 0. The Labute approximate surface area is 161 Å². The van der Waals surface area contributed by atoms with Crippen LogP contribution < -0.4 is 5.73 Å². The third-order valence-corrected chi connectivity index (χ3v) is 7.22. The molecule has 7 nitrogen and oxygen atoms in total. The number of aromatic nitrogens is 2. The lowest BCUT2D eigenvalue weighted by atomic mass is 9.95. The summed E-state index contributed by atoms with van der Waals surface area (Å²) in [4.78, 5) is 8.72. The van der Waals surface area contributed by atoms with E-state index in [2.05, 4.69) is 9.97 Å². The molecule has 1 fully saturated rings. The van der Waals surface area contributed by atoms with Gasteiger partial charge in [-0.25, -0.2) is 4.98 Å². The predicted octanol–water partition coefficient (Wildman–Crippen LogP) is 2.49. The van der Waals surface area contributed by atoms with Crippen LogP contribution in [0.15, 0.2) is 36.7 Å². The summed E-state index contributed by atoms with van der Waals surface area (Å²) in [6, 6.07) is 7.68. The van der Waals surface area contributed by atoms with Crippen LogP contribution in [-0.4, -0.2) is 53.2 Å². The zero-order valence-electron chi connectivity index (χ0n) is 15.9. The van der Waals surface area contributed by atoms with Gasteiger partial charge in [0.05, 0.1) is 0 Å². The molecule has 2 N–H and O–H groups in total. The van der Waals surface area contributed by atoms with Crippen molar-refractivity contribution in [1.82, 2.24) is 18.6 Å². The molecule has 3 heterocycles. The maximum absolute atomic E-state index is 12.8. The van der Waals surface area contributed by atoms with Crippen molar-refractivity contribution in [2.75, 3.05) is 31.9 Å². The van der Waals surface area contributed by atoms with Gasteiger partial charge in [-0.2, -0.15) is 17.0 Å². The lowest BCUT2D eigenvalue weighted by molar-refractivity contribution is 0.285. The highest BCUT2D eigenvalue weighted by Crippen LogP contribution is 2.29. The van der Waals surface area contributed by atoms with Crippen LogP contribution in [0.4, 0.5) is 5.82 Å². The second-order valence-electron chi connectivity index (χ2n) is 6.73. The molecule has 1 saturated heterocycles. The first-order valence-electron chi connectivity index (χ1n) is 9.38. The van der Waals surface area contributed by atoms with Crippen LogP contribution in [0.1, 0.15) is 38.3 Å². The van der Waals surface area contributed by atoms with E-state index >= 15 is 0 Å². The maximum Gasteiger partial charge on any atom is 0.281 e. The van der Waals surface area contributed by atoms with Gasteiger partial charge in [-0.1, -0.05) is 19.9 Å². The normalized spacial score (nSPS) is 18.7. The van der Waals surface area contributed by atoms with E-state index in [-0.39, 0.29) is 5.92 Å². The van der Waals surface area contributed by atoms with E-state index < -0.39 is 10.2 Å². The number of anilines is 1. The molecule has 3 rings (SSSR count). The third kappa shape index (κ3) is 4.28. The highest BCUT2D eigenvalue weighted by atomic mass is 32.2. The van der Waals surface area contributed by atoms with Gasteiger partial charge in [0.2, 0.25) is 0 Å². The van der Waals surface area contributed by atoms with Crippen LogP contribution in [0, 0.1) is 0 Å². The van der Waals surface area contributed by atoms with Gasteiger partial charge >= 0.3 is 0 Å². The SMILES string of the molecule is CCN(CC)S(=O)(=O)N1CCC[C@@H](c2ccc(-c3ccc(N)nc3)cn2)C1. The number of hydrogen-bond donors (Lipinski definition) is 1. The fraction of sp³-hybridized carbons (Fsp3) is 0.474. The molecule has 27 heavy (non-hydrogen) atoms. The molecule has 0 radical (unpaired) electrons. The van der Waals surface area contributed by atoms with E-state index in [0.29, 0.717) is 32.0 Å². The highest BCUT2D eigenvalue weighted by Gasteiger charge is 2.33. The fourth-order valence-corrected chi connectivity index (χ4v) is 5.21. The van der Waals surface area contributed by atoms with Gasteiger partial charge < -0.3 is 5.73 Å². The average Bonchev–Trinajstić information content (AvgIpc) is 2.69. The Morgan fingerprint density at radius 3 is 2.33 bits per heavy atom. The molecule has 0 aliphatic carbocycles. The van der Waals surface area contributed by atoms with Gasteiger partial charge in [0, 0.05) is 61.3 Å². The molecule has 1 aliphatic heterocycles. The lowest BCUT2D eigenvalue weighted by Crippen LogP contribution is -2.47.